The standard InChI is InChI=1S/C16H15Cl3N2O2/c17-9-6-7-12(11(18)8-9)21-15(22)13(19)14(16(21)23)20-10-4-2-1-3-5-10/h6-8,10,20H,1-5H2. The Bertz CT molecular complexity index is 697. The van der Waals surface area contributed by atoms with Crippen LogP contribution in [0.25, 0.3) is 0 Å². The van der Waals surface area contributed by atoms with E-state index in [1.54, 1.807) is 6.07 Å². The van der Waals surface area contributed by atoms with Crippen LogP contribution in [-0.2, 0) is 9.59 Å². The van der Waals surface area contributed by atoms with Crippen LogP contribution >= 0.6 is 34.8 Å². The number of hydrogen-bond donors (Lipinski definition) is 1. The lowest BCUT2D eigenvalue weighted by Gasteiger charge is -2.24. The molecule has 0 spiro atoms. The summed E-state index contributed by atoms with van der Waals surface area (Å²) in [6.45, 7) is 0. The lowest BCUT2D eigenvalue weighted by molar-refractivity contribution is -0.120. The number of nitrogens with zero attached hydrogens (tertiary/aromatic N) is 1. The predicted molar refractivity (Wildman–Crippen MR) is 91.8 cm³/mol. The third-order valence-corrected chi connectivity index (χ3v) is 5.02. The third kappa shape index (κ3) is 3.21. The smallest absolute Gasteiger partial charge is 0.283 e. The van der Waals surface area contributed by atoms with Crippen molar-refractivity contribution < 1.29 is 9.59 Å². The summed E-state index contributed by atoms with van der Waals surface area (Å²) in [6.07, 6.45) is 5.35. The van der Waals surface area contributed by atoms with Crippen LogP contribution in [0.4, 0.5) is 5.69 Å². The van der Waals surface area contributed by atoms with Gasteiger partial charge < -0.3 is 5.32 Å². The first-order valence-electron chi connectivity index (χ1n) is 7.49. The number of anilines is 1. The summed E-state index contributed by atoms with van der Waals surface area (Å²) in [5.74, 6) is -1.05. The van der Waals surface area contributed by atoms with Crippen molar-refractivity contribution in [2.45, 2.75) is 38.1 Å². The molecule has 1 N–H and O–H groups in total. The second kappa shape index (κ2) is 6.71. The number of halogens is 3. The molecule has 23 heavy (non-hydrogen) atoms. The normalized spacial score (nSPS) is 19.7. The minimum atomic E-state index is -0.570. The van der Waals surface area contributed by atoms with Gasteiger partial charge in [0.05, 0.1) is 10.7 Å². The molecule has 1 aliphatic heterocycles. The molecule has 7 heteroatoms. The molecule has 0 aromatic heterocycles. The largest absolute Gasteiger partial charge is 0.376 e. The maximum atomic E-state index is 12.6. The van der Waals surface area contributed by atoms with E-state index in [2.05, 4.69) is 5.32 Å². The van der Waals surface area contributed by atoms with Gasteiger partial charge in [0.15, 0.2) is 0 Å². The molecule has 0 saturated heterocycles. The van der Waals surface area contributed by atoms with Crippen LogP contribution in [0.1, 0.15) is 32.1 Å². The first-order valence-corrected chi connectivity index (χ1v) is 8.62. The van der Waals surface area contributed by atoms with Gasteiger partial charge in [-0.05, 0) is 31.0 Å². The number of benzene rings is 1. The van der Waals surface area contributed by atoms with E-state index < -0.39 is 11.8 Å². The van der Waals surface area contributed by atoms with Gasteiger partial charge in [-0.2, -0.15) is 0 Å². The van der Waals surface area contributed by atoms with Gasteiger partial charge in [0.1, 0.15) is 10.7 Å². The molecule has 1 aromatic carbocycles. The monoisotopic (exact) mass is 372 g/mol. The SMILES string of the molecule is O=C1C(Cl)=C(NC2CCCCC2)C(=O)N1c1ccc(Cl)cc1Cl. The highest BCUT2D eigenvalue weighted by Gasteiger charge is 2.40. The molecule has 0 unspecified atom stereocenters. The topological polar surface area (TPSA) is 49.4 Å². The van der Waals surface area contributed by atoms with E-state index in [9.17, 15) is 9.59 Å². The first kappa shape index (κ1) is 16.6. The molecule has 2 aliphatic rings. The lowest BCUT2D eigenvalue weighted by atomic mass is 9.95. The van der Waals surface area contributed by atoms with Gasteiger partial charge in [0.2, 0.25) is 0 Å². The second-order valence-electron chi connectivity index (χ2n) is 5.71. The van der Waals surface area contributed by atoms with Crippen LogP contribution in [0, 0.1) is 0 Å². The molecule has 0 radical (unpaired) electrons. The zero-order chi connectivity index (χ0) is 16.6. The van der Waals surface area contributed by atoms with Crippen molar-refractivity contribution in [2.75, 3.05) is 4.90 Å². The van der Waals surface area contributed by atoms with E-state index in [0.29, 0.717) is 5.02 Å². The fourth-order valence-corrected chi connectivity index (χ4v) is 3.67. The Morgan fingerprint density at radius 1 is 1.00 bits per heavy atom. The van der Waals surface area contributed by atoms with Crippen LogP contribution in [0.5, 0.6) is 0 Å². The molecule has 0 bridgehead atoms. The zero-order valence-electron chi connectivity index (χ0n) is 12.2. The molecular formula is C16H15Cl3N2O2. The fourth-order valence-electron chi connectivity index (χ4n) is 2.96. The number of imide groups is 1. The van der Waals surface area contributed by atoms with Crippen molar-refractivity contribution in [3.05, 3.63) is 39.0 Å². The van der Waals surface area contributed by atoms with E-state index in [-0.39, 0.29) is 27.5 Å². The summed E-state index contributed by atoms with van der Waals surface area (Å²) >= 11 is 18.1. The van der Waals surface area contributed by atoms with E-state index in [1.807, 2.05) is 0 Å². The summed E-state index contributed by atoms with van der Waals surface area (Å²) in [5.41, 5.74) is 0.444. The molecule has 2 amide bonds. The average Bonchev–Trinajstić information content (AvgIpc) is 2.73. The highest BCUT2D eigenvalue weighted by atomic mass is 35.5. The third-order valence-electron chi connectivity index (χ3n) is 4.13. The van der Waals surface area contributed by atoms with E-state index in [0.717, 1.165) is 30.6 Å². The van der Waals surface area contributed by atoms with Crippen molar-refractivity contribution in [3.63, 3.8) is 0 Å². The maximum absolute atomic E-state index is 12.6. The van der Waals surface area contributed by atoms with Gasteiger partial charge in [0, 0.05) is 11.1 Å². The number of rotatable bonds is 3. The molecule has 3 rings (SSSR count). The van der Waals surface area contributed by atoms with Crippen molar-refractivity contribution in [1.82, 2.24) is 5.32 Å². The summed E-state index contributed by atoms with van der Waals surface area (Å²) in [5, 5.41) is 3.71. The predicted octanol–water partition coefficient (Wildman–Crippen LogP) is 4.24. The van der Waals surface area contributed by atoms with Crippen molar-refractivity contribution in [3.8, 4) is 0 Å². The van der Waals surface area contributed by atoms with Gasteiger partial charge in [-0.3, -0.25) is 9.59 Å². The summed E-state index contributed by atoms with van der Waals surface area (Å²) in [7, 11) is 0. The van der Waals surface area contributed by atoms with E-state index in [4.69, 9.17) is 34.8 Å². The van der Waals surface area contributed by atoms with Gasteiger partial charge >= 0.3 is 0 Å². The summed E-state index contributed by atoms with van der Waals surface area (Å²) in [4.78, 5) is 26.0. The minimum absolute atomic E-state index is 0.0911. The number of nitrogens with one attached hydrogen (secondary N) is 1. The molecular weight excluding hydrogens is 359 g/mol. The maximum Gasteiger partial charge on any atom is 0.283 e. The Labute approximate surface area is 149 Å². The second-order valence-corrected chi connectivity index (χ2v) is 6.93. The molecule has 1 fully saturated rings. The van der Waals surface area contributed by atoms with Crippen LogP contribution in [0.2, 0.25) is 10.0 Å². The Morgan fingerprint density at radius 3 is 2.35 bits per heavy atom. The first-order chi connectivity index (χ1) is 11.0. The fraction of sp³-hybridized carbons (Fsp3) is 0.375. The van der Waals surface area contributed by atoms with E-state index >= 15 is 0 Å². The Balaban J connectivity index is 1.86. The molecule has 1 saturated carbocycles. The Hall–Kier alpha value is -1.23. The summed E-state index contributed by atoms with van der Waals surface area (Å²) < 4.78 is 0. The molecule has 1 aliphatic carbocycles. The summed E-state index contributed by atoms with van der Waals surface area (Å²) in [6, 6.07) is 4.77. The molecule has 4 nitrogen and oxygen atoms in total. The van der Waals surface area contributed by atoms with E-state index in [1.165, 1.54) is 18.6 Å². The lowest BCUT2D eigenvalue weighted by Crippen LogP contribution is -2.37. The Morgan fingerprint density at radius 2 is 1.70 bits per heavy atom. The van der Waals surface area contributed by atoms with Gasteiger partial charge in [-0.1, -0.05) is 54.1 Å². The Kier molecular flexibility index (Phi) is 4.85. The molecule has 1 aromatic rings. The van der Waals surface area contributed by atoms with Crippen LogP contribution in [0.3, 0.4) is 0 Å². The highest BCUT2D eigenvalue weighted by Crippen LogP contribution is 2.35. The van der Waals surface area contributed by atoms with Crippen molar-refractivity contribution in [1.29, 1.82) is 0 Å². The van der Waals surface area contributed by atoms with Gasteiger partial charge in [-0.25, -0.2) is 4.90 Å². The number of hydrogen-bond acceptors (Lipinski definition) is 3. The molecule has 1 heterocycles. The number of amides is 2. The van der Waals surface area contributed by atoms with Crippen molar-refractivity contribution in [2.24, 2.45) is 0 Å². The van der Waals surface area contributed by atoms with Crippen LogP contribution in [-0.4, -0.2) is 17.9 Å². The molecule has 122 valence electrons. The minimum Gasteiger partial charge on any atom is -0.376 e. The highest BCUT2D eigenvalue weighted by molar-refractivity contribution is 6.53. The zero-order valence-corrected chi connectivity index (χ0v) is 14.5. The quantitative estimate of drug-likeness (QED) is 0.806. The van der Waals surface area contributed by atoms with Gasteiger partial charge in [0.25, 0.3) is 11.8 Å². The molecule has 0 atom stereocenters. The number of carbonyl (C=O) groups is 2. The number of carbonyl (C=O) groups excluding carboxylic acids is 2. The van der Waals surface area contributed by atoms with Gasteiger partial charge in [-0.15, -0.1) is 0 Å². The van der Waals surface area contributed by atoms with Crippen molar-refractivity contribution >= 4 is 52.3 Å². The average molecular weight is 374 g/mol. The van der Waals surface area contributed by atoms with Crippen LogP contribution in [0.15, 0.2) is 28.9 Å². The van der Waals surface area contributed by atoms with Crippen LogP contribution < -0.4 is 10.2 Å².